The highest BCUT2D eigenvalue weighted by Gasteiger charge is 2.42. The highest BCUT2D eigenvalue weighted by molar-refractivity contribution is 9.09. The average molecular weight is 291 g/mol. The number of nitrogens with one attached hydrogen (secondary N) is 1. The van der Waals surface area contributed by atoms with E-state index in [0.29, 0.717) is 0 Å². The molecule has 1 aliphatic heterocycles. The first-order chi connectivity index (χ1) is 7.63. The van der Waals surface area contributed by atoms with Gasteiger partial charge in [-0.25, -0.2) is 4.79 Å². The smallest absolute Gasteiger partial charge is 0.410 e. The van der Waals surface area contributed by atoms with Crippen LogP contribution in [0.5, 0.6) is 0 Å². The Balaban J connectivity index is 2.18. The van der Waals surface area contributed by atoms with Crippen LogP contribution < -0.4 is 5.32 Å². The van der Waals surface area contributed by atoms with Crippen LogP contribution in [0.4, 0.5) is 4.79 Å². The van der Waals surface area contributed by atoms with Crippen LogP contribution in [-0.2, 0) is 9.53 Å². The maximum atomic E-state index is 11.6. The molecular formula is C10H15BrN2O3. The fraction of sp³-hybridized carbons (Fsp3) is 0.800. The van der Waals surface area contributed by atoms with E-state index >= 15 is 0 Å². The number of ether oxygens (including phenoxy) is 1. The molecule has 1 aliphatic carbocycles. The molecule has 3 atom stereocenters. The van der Waals surface area contributed by atoms with Crippen molar-refractivity contribution in [2.24, 2.45) is 0 Å². The van der Waals surface area contributed by atoms with E-state index in [4.69, 9.17) is 4.74 Å². The maximum absolute atomic E-state index is 11.6. The lowest BCUT2D eigenvalue weighted by Crippen LogP contribution is -2.65. The summed E-state index contributed by atoms with van der Waals surface area (Å²) in [4.78, 5) is 24.9. The Labute approximate surface area is 103 Å². The van der Waals surface area contributed by atoms with E-state index in [1.807, 2.05) is 0 Å². The molecule has 2 aliphatic rings. The molecule has 0 unspecified atom stereocenters. The van der Waals surface area contributed by atoms with Crippen LogP contribution in [0.15, 0.2) is 0 Å². The van der Waals surface area contributed by atoms with Gasteiger partial charge in [0.15, 0.2) is 0 Å². The van der Waals surface area contributed by atoms with E-state index in [0.717, 1.165) is 19.3 Å². The SMILES string of the molecule is COC(=O)N1CC(=O)N[C@@H]2[C@@H](Br)CCC[C@@H]21. The largest absolute Gasteiger partial charge is 0.453 e. The molecule has 16 heavy (non-hydrogen) atoms. The number of methoxy groups -OCH3 is 1. The maximum Gasteiger partial charge on any atom is 0.410 e. The Morgan fingerprint density at radius 3 is 3.00 bits per heavy atom. The van der Waals surface area contributed by atoms with Crippen LogP contribution in [0, 0.1) is 0 Å². The topological polar surface area (TPSA) is 58.6 Å². The second-order valence-electron chi connectivity index (χ2n) is 4.21. The lowest BCUT2D eigenvalue weighted by atomic mass is 9.87. The number of hydrogen-bond acceptors (Lipinski definition) is 3. The molecule has 90 valence electrons. The molecule has 0 aromatic carbocycles. The summed E-state index contributed by atoms with van der Waals surface area (Å²) in [6.45, 7) is 0.105. The molecule has 2 amide bonds. The fourth-order valence-corrected chi connectivity index (χ4v) is 3.29. The Morgan fingerprint density at radius 1 is 1.56 bits per heavy atom. The number of amides is 2. The minimum atomic E-state index is -0.411. The third-order valence-electron chi connectivity index (χ3n) is 3.24. The Bertz CT molecular complexity index is 310. The van der Waals surface area contributed by atoms with Crippen LogP contribution >= 0.6 is 15.9 Å². The molecule has 1 saturated carbocycles. The van der Waals surface area contributed by atoms with Crippen molar-refractivity contribution in [3.63, 3.8) is 0 Å². The van der Waals surface area contributed by atoms with Gasteiger partial charge in [0.1, 0.15) is 6.54 Å². The third-order valence-corrected chi connectivity index (χ3v) is 4.26. The molecule has 0 aromatic rings. The van der Waals surface area contributed by atoms with Crippen molar-refractivity contribution in [1.82, 2.24) is 10.2 Å². The molecule has 1 heterocycles. The molecule has 0 radical (unpaired) electrons. The van der Waals surface area contributed by atoms with Gasteiger partial charge < -0.3 is 10.1 Å². The van der Waals surface area contributed by atoms with Gasteiger partial charge in [-0.05, 0) is 12.8 Å². The van der Waals surface area contributed by atoms with E-state index in [-0.39, 0.29) is 29.4 Å². The lowest BCUT2D eigenvalue weighted by Gasteiger charge is -2.45. The van der Waals surface area contributed by atoms with Gasteiger partial charge in [-0.3, -0.25) is 9.69 Å². The van der Waals surface area contributed by atoms with E-state index < -0.39 is 6.09 Å². The van der Waals surface area contributed by atoms with Crippen LogP contribution in [0.2, 0.25) is 0 Å². The normalized spacial score (nSPS) is 34.0. The summed E-state index contributed by atoms with van der Waals surface area (Å²) in [5.41, 5.74) is 0. The van der Waals surface area contributed by atoms with Crippen molar-refractivity contribution in [2.45, 2.75) is 36.2 Å². The highest BCUT2D eigenvalue weighted by Crippen LogP contribution is 2.30. The summed E-state index contributed by atoms with van der Waals surface area (Å²) in [6.07, 6.45) is 2.59. The summed E-state index contributed by atoms with van der Waals surface area (Å²) in [7, 11) is 1.35. The molecule has 1 saturated heterocycles. The van der Waals surface area contributed by atoms with Gasteiger partial charge in [-0.2, -0.15) is 0 Å². The van der Waals surface area contributed by atoms with E-state index in [2.05, 4.69) is 21.2 Å². The van der Waals surface area contributed by atoms with Crippen molar-refractivity contribution in [3.8, 4) is 0 Å². The summed E-state index contributed by atoms with van der Waals surface area (Å²) in [5, 5.41) is 2.94. The Hall–Kier alpha value is -0.780. The van der Waals surface area contributed by atoms with Crippen molar-refractivity contribution < 1.29 is 14.3 Å². The van der Waals surface area contributed by atoms with Gasteiger partial charge in [0.2, 0.25) is 5.91 Å². The number of hydrogen-bond donors (Lipinski definition) is 1. The zero-order chi connectivity index (χ0) is 11.7. The number of halogens is 1. The summed E-state index contributed by atoms with van der Waals surface area (Å²) >= 11 is 3.56. The second kappa shape index (κ2) is 4.61. The third kappa shape index (κ3) is 2.03. The zero-order valence-electron chi connectivity index (χ0n) is 9.11. The van der Waals surface area contributed by atoms with Gasteiger partial charge >= 0.3 is 6.09 Å². The number of carbonyl (C=O) groups is 2. The van der Waals surface area contributed by atoms with Crippen LogP contribution in [-0.4, -0.2) is 47.5 Å². The van der Waals surface area contributed by atoms with Gasteiger partial charge in [-0.1, -0.05) is 22.4 Å². The fourth-order valence-electron chi connectivity index (χ4n) is 2.48. The zero-order valence-corrected chi connectivity index (χ0v) is 10.7. The molecule has 1 N–H and O–H groups in total. The van der Waals surface area contributed by atoms with Gasteiger partial charge in [0.05, 0.1) is 19.2 Å². The predicted molar refractivity (Wildman–Crippen MR) is 61.4 cm³/mol. The molecule has 0 spiro atoms. The minimum Gasteiger partial charge on any atom is -0.453 e. The molecule has 2 rings (SSSR count). The summed E-state index contributed by atoms with van der Waals surface area (Å²) < 4.78 is 4.71. The summed E-state index contributed by atoms with van der Waals surface area (Å²) in [6, 6.07) is 0.0670. The Morgan fingerprint density at radius 2 is 2.31 bits per heavy atom. The average Bonchev–Trinajstić information content (AvgIpc) is 2.28. The van der Waals surface area contributed by atoms with E-state index in [1.165, 1.54) is 12.0 Å². The van der Waals surface area contributed by atoms with Crippen molar-refractivity contribution >= 4 is 27.9 Å². The number of carbonyl (C=O) groups excluding carboxylic acids is 2. The summed E-state index contributed by atoms with van der Waals surface area (Å²) in [5.74, 6) is -0.113. The van der Waals surface area contributed by atoms with Crippen molar-refractivity contribution in [1.29, 1.82) is 0 Å². The number of alkyl halides is 1. The first-order valence-corrected chi connectivity index (χ1v) is 6.33. The Kier molecular flexibility index (Phi) is 3.37. The molecule has 6 heteroatoms. The van der Waals surface area contributed by atoms with Crippen LogP contribution in [0.1, 0.15) is 19.3 Å². The number of fused-ring (bicyclic) bond motifs is 1. The number of piperazine rings is 1. The lowest BCUT2D eigenvalue weighted by molar-refractivity contribution is -0.127. The van der Waals surface area contributed by atoms with Gasteiger partial charge in [-0.15, -0.1) is 0 Å². The predicted octanol–water partition coefficient (Wildman–Crippen LogP) is 0.869. The molecule has 5 nitrogen and oxygen atoms in total. The molecule has 2 fully saturated rings. The van der Waals surface area contributed by atoms with Gasteiger partial charge in [0.25, 0.3) is 0 Å². The number of rotatable bonds is 0. The van der Waals surface area contributed by atoms with Crippen LogP contribution in [0.25, 0.3) is 0 Å². The minimum absolute atomic E-state index is 0.00843. The monoisotopic (exact) mass is 290 g/mol. The first-order valence-electron chi connectivity index (χ1n) is 5.41. The molecular weight excluding hydrogens is 276 g/mol. The van der Waals surface area contributed by atoms with Crippen LogP contribution in [0.3, 0.4) is 0 Å². The van der Waals surface area contributed by atoms with Crippen molar-refractivity contribution in [3.05, 3.63) is 0 Å². The number of nitrogens with zero attached hydrogens (tertiary/aromatic N) is 1. The van der Waals surface area contributed by atoms with Gasteiger partial charge in [0, 0.05) is 4.83 Å². The van der Waals surface area contributed by atoms with E-state index in [1.54, 1.807) is 0 Å². The molecule has 0 bridgehead atoms. The standard InChI is InChI=1S/C10H15BrN2O3/c1-16-10(15)13-5-8(14)12-9-6(11)3-2-4-7(9)13/h6-7,9H,2-5H2,1H3,(H,12,14)/t6-,7-,9+/m0/s1. The second-order valence-corrected chi connectivity index (χ2v) is 5.38. The quantitative estimate of drug-likeness (QED) is 0.674. The molecule has 0 aromatic heterocycles. The van der Waals surface area contributed by atoms with Crippen molar-refractivity contribution in [2.75, 3.05) is 13.7 Å². The van der Waals surface area contributed by atoms with E-state index in [9.17, 15) is 9.59 Å². The highest BCUT2D eigenvalue weighted by atomic mass is 79.9. The first kappa shape index (κ1) is 11.7.